The van der Waals surface area contributed by atoms with Gasteiger partial charge >= 0.3 is 17.9 Å². The first-order chi connectivity index (χ1) is 69.4. The lowest BCUT2D eigenvalue weighted by Crippen LogP contribution is -2.61. The van der Waals surface area contributed by atoms with Crippen LogP contribution in [0, 0.1) is 0 Å². The van der Waals surface area contributed by atoms with Gasteiger partial charge in [0.25, 0.3) is 0 Å². The minimum Gasteiger partial charge on any atom is -0.508 e. The lowest BCUT2D eigenvalue weighted by atomic mass is 9.97. The minimum atomic E-state index is -2.05. The van der Waals surface area contributed by atoms with Crippen LogP contribution in [0.3, 0.4) is 0 Å². The van der Waals surface area contributed by atoms with Gasteiger partial charge in [-0.15, -0.1) is 11.8 Å². The van der Waals surface area contributed by atoms with Gasteiger partial charge in [0.2, 0.25) is 94.5 Å². The average Bonchev–Trinajstić information content (AvgIpc) is 1.67. The van der Waals surface area contributed by atoms with Crippen LogP contribution in [0.1, 0.15) is 177 Å². The standard InChI is InChI=1S/C98H136N22O24S/c1-5-7-27-75-90(136)111-69(45-82(125)126)89(135)114-73(85(131)104-49-80(101)123)53-145-54-81(124)106-70(40-56-32-34-60(121)35-33-56)96(142)118-38-20-17-30-76(118)92(138)113-72(46-83(127)128)97(143)119-39-21-31-77(119)91(137)110-68(43-59-48-102-55-105-59)88(134)108-66(26-11-9-10-18-36-99)95(141)120-51-61(122)44-79(120)93(139)109-67(41-57-47-103-64-24-14-12-22-62(57)64)87(133)107-65(25-16-19-37-100)86(132)112-71(94(140)116(4)78(28-8-6-2)98(144)115(75)3)42-58-50-117(52-84(129)130)74-29-15-13-23-63(58)74/h12-15,22-24,29,32-35,47-48,50,55,61,65-73,75-79,103,121-122H,5-11,16-21,25-28,30-31,36-46,49,51-54,99-100H2,1-4H3,(H2,101,123)(H,102,105)(H,104,131)(H,106,124)(H,107,133)(H,108,134)(H,109,139)(H,110,137)(H,111,136)(H,112,132)(H,113,138)(H,114,135)(H,125,126)(H,127,128)(H,129,130)/t61-,65+,66+,67+,68+,69+,70+,71+,72+,73+,75+,76+,77+,78+,79+/m1/s1. The van der Waals surface area contributed by atoms with E-state index in [4.69, 9.17) is 17.2 Å². The molecule has 788 valence electrons. The van der Waals surface area contributed by atoms with Gasteiger partial charge < -0.3 is 135 Å². The van der Waals surface area contributed by atoms with Crippen molar-refractivity contribution in [3.8, 4) is 5.75 Å². The van der Waals surface area contributed by atoms with Crippen molar-refractivity contribution in [2.24, 2.45) is 17.2 Å². The molecule has 4 fully saturated rings. The summed E-state index contributed by atoms with van der Waals surface area (Å²) in [6.07, 6.45) is 4.27. The number of nitrogens with one attached hydrogen (secondary N) is 12. The number of aliphatic hydroxyl groups excluding tert-OH is 1. The zero-order chi connectivity index (χ0) is 105. The number of aromatic hydroxyl groups is 1. The fourth-order valence-electron chi connectivity index (χ4n) is 18.8. The van der Waals surface area contributed by atoms with Crippen molar-refractivity contribution in [3.63, 3.8) is 0 Å². The maximum atomic E-state index is 16.1. The van der Waals surface area contributed by atoms with Crippen LogP contribution >= 0.6 is 11.8 Å². The fourth-order valence-corrected chi connectivity index (χ4v) is 19.7. The maximum absolute atomic E-state index is 16.1. The number of unbranched alkanes of at least 4 members (excludes halogenated alkanes) is 6. The van der Waals surface area contributed by atoms with Crippen molar-refractivity contribution in [2.75, 3.05) is 64.9 Å². The number of hydrogen-bond donors (Lipinski definition) is 20. The number of primary amides is 1. The molecule has 0 radical (unpaired) electrons. The molecule has 4 aliphatic heterocycles. The number of aliphatic hydroxyl groups is 1. The second kappa shape index (κ2) is 55.1. The second-order valence-electron chi connectivity index (χ2n) is 37.2. The third-order valence-electron chi connectivity index (χ3n) is 26.5. The van der Waals surface area contributed by atoms with E-state index < -0.39 is 260 Å². The van der Waals surface area contributed by atoms with Crippen molar-refractivity contribution in [1.82, 2.24) is 97.2 Å². The molecule has 4 aliphatic rings. The van der Waals surface area contributed by atoms with E-state index in [1.807, 2.05) is 0 Å². The second-order valence-corrected chi connectivity index (χ2v) is 38.3. The van der Waals surface area contributed by atoms with Crippen LogP contribution in [0.5, 0.6) is 5.75 Å². The smallest absolute Gasteiger partial charge is 0.323 e. The van der Waals surface area contributed by atoms with Gasteiger partial charge in [-0.3, -0.25) is 91.1 Å². The Balaban J connectivity index is 1.06. The number of aromatic amines is 2. The Hall–Kier alpha value is -14.1. The summed E-state index contributed by atoms with van der Waals surface area (Å²) in [6, 6.07) is -3.65. The Morgan fingerprint density at radius 1 is 0.490 bits per heavy atom. The molecule has 145 heavy (non-hydrogen) atoms. The van der Waals surface area contributed by atoms with Crippen molar-refractivity contribution in [2.45, 2.75) is 278 Å². The van der Waals surface area contributed by atoms with Gasteiger partial charge in [-0.2, -0.15) is 0 Å². The van der Waals surface area contributed by atoms with Crippen molar-refractivity contribution in [1.29, 1.82) is 0 Å². The number of likely N-dealkylation sites (N-methyl/N-ethyl adjacent to an activating group) is 2. The number of fused-ring (bicyclic) bond motifs is 5. The molecule has 46 nitrogen and oxygen atoms in total. The van der Waals surface area contributed by atoms with Gasteiger partial charge in [0.05, 0.1) is 37.6 Å². The van der Waals surface area contributed by atoms with Crippen LogP contribution in [0.4, 0.5) is 0 Å². The zero-order valence-corrected chi connectivity index (χ0v) is 82.7. The van der Waals surface area contributed by atoms with Gasteiger partial charge in [-0.1, -0.05) is 107 Å². The summed E-state index contributed by atoms with van der Waals surface area (Å²) >= 11 is 0.683. The average molecular weight is 2040 g/mol. The zero-order valence-electron chi connectivity index (χ0n) is 81.9. The Kier molecular flexibility index (Phi) is 42.9. The molecule has 3 aromatic heterocycles. The molecule has 0 aliphatic carbocycles. The number of carboxylic acid groups (broad SMARTS) is 3. The maximum Gasteiger partial charge on any atom is 0.323 e. The molecule has 4 saturated heterocycles. The van der Waals surface area contributed by atoms with Gasteiger partial charge in [0, 0.05) is 118 Å². The number of rotatable bonds is 33. The molecule has 7 heterocycles. The number of nitrogens with zero attached hydrogens (tertiary/aromatic N) is 7. The number of amides is 16. The SMILES string of the molecule is CCCC[C@H]1C(=O)N(C)[C@@H](CCCC)C(=O)N[C@@H](CC(=O)O)C(=O)N[C@H](C(=O)NCC(N)=O)CSCC(=O)N[C@@H](Cc2ccc(O)cc2)C(=O)N2CCCC[C@H]2C(=O)N[C@@H](CC(=O)O)C(=O)N2CCC[C@H]2C(=O)N[C@@H](Cc2cnc[nH]2)C(=O)N[C@@H](CCCCCCN)C(=O)N2C[C@H](O)C[C@H]2C(=O)N[C@@H](Cc2c[nH]c3ccccc23)C(=O)N[C@@H](CCCCN)C(=O)N[C@@H](Cc2cn(CC(=O)O)c3ccccc23)C(=O)N1C. The van der Waals surface area contributed by atoms with Crippen LogP contribution in [-0.2, 0) is 123 Å². The quantitative estimate of drug-likeness (QED) is 0.0219. The lowest BCUT2D eigenvalue weighted by Gasteiger charge is -2.38. The highest BCUT2D eigenvalue weighted by atomic mass is 32.2. The third-order valence-corrected chi connectivity index (χ3v) is 27.5. The number of phenols is 1. The Morgan fingerprint density at radius 2 is 1.02 bits per heavy atom. The number of aromatic nitrogens is 4. The number of para-hydroxylation sites is 2. The summed E-state index contributed by atoms with van der Waals surface area (Å²) in [4.78, 5) is 295. The normalized spacial score (nSPS) is 24.3. The number of imidazole rings is 1. The number of carbonyl (C=O) groups excluding carboxylic acids is 16. The first kappa shape index (κ1) is 113. The lowest BCUT2D eigenvalue weighted by molar-refractivity contribution is -0.149. The molecule has 6 aromatic rings. The minimum absolute atomic E-state index is 0.0584. The number of aliphatic carboxylic acids is 3. The van der Waals surface area contributed by atoms with Crippen molar-refractivity contribution in [3.05, 3.63) is 120 Å². The topological polar surface area (TPSA) is 689 Å². The summed E-state index contributed by atoms with van der Waals surface area (Å²) in [6.45, 7) is 1.88. The molecule has 15 atom stereocenters. The molecular formula is C98H136N22O24S. The first-order valence-electron chi connectivity index (χ1n) is 49.3. The molecule has 3 aromatic carbocycles. The molecule has 47 heteroatoms. The van der Waals surface area contributed by atoms with E-state index in [0.717, 1.165) is 24.5 Å². The van der Waals surface area contributed by atoms with E-state index >= 15 is 52.7 Å². The van der Waals surface area contributed by atoms with E-state index in [1.165, 1.54) is 61.6 Å². The van der Waals surface area contributed by atoms with E-state index in [-0.39, 0.29) is 122 Å². The van der Waals surface area contributed by atoms with E-state index in [0.29, 0.717) is 107 Å². The number of carboxylic acids is 3. The molecule has 0 spiro atoms. The molecule has 16 amide bonds. The van der Waals surface area contributed by atoms with E-state index in [1.54, 1.807) is 68.6 Å². The molecule has 10 rings (SSSR count). The predicted octanol–water partition coefficient (Wildman–Crippen LogP) is -1.03. The summed E-state index contributed by atoms with van der Waals surface area (Å²) in [5, 5.41) is 80.5. The number of hydrogen-bond acceptors (Lipinski definition) is 25. The Bertz CT molecular complexity index is 5560. The molecular weight excluding hydrogens is 1900 g/mol. The summed E-state index contributed by atoms with van der Waals surface area (Å²) in [7, 11) is 2.55. The Morgan fingerprint density at radius 3 is 1.68 bits per heavy atom. The number of H-pyrrole nitrogens is 2. The van der Waals surface area contributed by atoms with Crippen LogP contribution < -0.4 is 70.4 Å². The van der Waals surface area contributed by atoms with Crippen molar-refractivity contribution >= 4 is 146 Å². The van der Waals surface area contributed by atoms with Crippen LogP contribution in [0.15, 0.2) is 97.7 Å². The van der Waals surface area contributed by atoms with Gasteiger partial charge in [0.15, 0.2) is 0 Å². The first-order valence-corrected chi connectivity index (χ1v) is 50.5. The number of carbonyl (C=O) groups is 19. The number of thioether (sulfide) groups is 1. The number of piperidine rings is 1. The van der Waals surface area contributed by atoms with Gasteiger partial charge in [-0.25, -0.2) is 4.98 Å². The summed E-state index contributed by atoms with van der Waals surface area (Å²) in [5.74, 6) is -21.6. The highest BCUT2D eigenvalue weighted by Gasteiger charge is 2.48. The summed E-state index contributed by atoms with van der Waals surface area (Å²) < 4.78 is 1.42. The number of benzene rings is 3. The highest BCUT2D eigenvalue weighted by Crippen LogP contribution is 2.30. The third kappa shape index (κ3) is 32.0. The number of nitrogens with two attached hydrogens (primary N) is 3. The fraction of sp³-hybridized carbons (Fsp3) is 0.551. The van der Waals surface area contributed by atoms with Crippen LogP contribution in [0.25, 0.3) is 21.8 Å². The molecule has 0 saturated carbocycles. The number of phenolic OH excluding ortho intramolecular Hbond substituents is 1. The molecule has 0 bridgehead atoms. The van der Waals surface area contributed by atoms with Crippen molar-refractivity contribution < 1.29 is 117 Å². The van der Waals surface area contributed by atoms with E-state index in [2.05, 4.69) is 68.1 Å². The Labute approximate surface area is 841 Å². The van der Waals surface area contributed by atoms with Crippen LogP contribution in [-0.4, -0.2) is 338 Å². The largest absolute Gasteiger partial charge is 0.508 e. The van der Waals surface area contributed by atoms with Gasteiger partial charge in [-0.05, 0) is 131 Å². The van der Waals surface area contributed by atoms with Crippen LogP contribution in [0.2, 0.25) is 0 Å². The predicted molar refractivity (Wildman–Crippen MR) is 528 cm³/mol. The summed E-state index contributed by atoms with van der Waals surface area (Å²) in [5.41, 5.74) is 19.9. The van der Waals surface area contributed by atoms with Gasteiger partial charge in [0.1, 0.15) is 96.9 Å². The molecule has 0 unspecified atom stereocenters. The highest BCUT2D eigenvalue weighted by molar-refractivity contribution is 8.00. The molecule has 23 N–H and O–H groups in total. The monoisotopic (exact) mass is 2040 g/mol. The van der Waals surface area contributed by atoms with E-state index in [9.17, 15) is 63.9 Å².